The largest absolute Gasteiger partial charge is 0.383 e. The lowest BCUT2D eigenvalue weighted by molar-refractivity contribution is 0.848. The molecule has 4 N–H and O–H groups in total. The number of thioether (sulfide) groups is 1. The first kappa shape index (κ1) is 16.6. The summed E-state index contributed by atoms with van der Waals surface area (Å²) < 4.78 is 1.44. The summed E-state index contributed by atoms with van der Waals surface area (Å²) in [6.07, 6.45) is 0. The summed E-state index contributed by atoms with van der Waals surface area (Å²) in [7, 11) is 0. The molecule has 0 spiro atoms. The van der Waals surface area contributed by atoms with Gasteiger partial charge in [0.05, 0.1) is 11.3 Å². The van der Waals surface area contributed by atoms with E-state index in [-0.39, 0.29) is 0 Å². The van der Waals surface area contributed by atoms with Gasteiger partial charge in [-0.1, -0.05) is 35.5 Å². The lowest BCUT2D eigenvalue weighted by Crippen LogP contribution is -2.11. The van der Waals surface area contributed by atoms with E-state index in [4.69, 9.17) is 23.2 Å². The number of para-hydroxylation sites is 1. The molecule has 0 saturated heterocycles. The minimum Gasteiger partial charge on any atom is -0.383 e. The van der Waals surface area contributed by atoms with Gasteiger partial charge in [-0.3, -0.25) is 0 Å². The molecule has 0 atom stereocenters. The van der Waals surface area contributed by atoms with Crippen LogP contribution in [0.15, 0.2) is 53.7 Å². The number of nitrogens with zero attached hydrogens (tertiary/aromatic N) is 5. The molecule has 2 aromatic carbocycles. The number of fused-ring (bicyclic) bond motifs is 1. The van der Waals surface area contributed by atoms with E-state index < -0.39 is 0 Å². The SMILES string of the molecule is Nc1nc(CSc2nnc(-c3ccc(Cl)cc3)n2N)nc2ccccc12. The van der Waals surface area contributed by atoms with Gasteiger partial charge in [-0.15, -0.1) is 10.2 Å². The van der Waals surface area contributed by atoms with Crippen LogP contribution in [-0.2, 0) is 5.75 Å². The molecule has 4 aromatic rings. The molecule has 130 valence electrons. The van der Waals surface area contributed by atoms with Gasteiger partial charge in [-0.05, 0) is 36.4 Å². The highest BCUT2D eigenvalue weighted by Gasteiger charge is 2.13. The Hall–Kier alpha value is -2.84. The maximum Gasteiger partial charge on any atom is 0.210 e. The molecule has 2 heterocycles. The van der Waals surface area contributed by atoms with Crippen LogP contribution in [-0.4, -0.2) is 24.8 Å². The van der Waals surface area contributed by atoms with Gasteiger partial charge in [-0.2, -0.15) is 0 Å². The predicted octanol–water partition coefficient (Wildman–Crippen LogP) is 3.13. The molecule has 0 unspecified atom stereocenters. The Morgan fingerprint density at radius 1 is 1.00 bits per heavy atom. The second-order valence-corrected chi connectivity index (χ2v) is 6.89. The van der Waals surface area contributed by atoms with Gasteiger partial charge in [0.25, 0.3) is 0 Å². The van der Waals surface area contributed by atoms with E-state index in [1.165, 1.54) is 16.4 Å². The monoisotopic (exact) mass is 383 g/mol. The van der Waals surface area contributed by atoms with Crippen molar-refractivity contribution in [2.45, 2.75) is 10.9 Å². The molecular formula is C17H14ClN7S. The van der Waals surface area contributed by atoms with E-state index in [2.05, 4.69) is 20.2 Å². The highest BCUT2D eigenvalue weighted by Crippen LogP contribution is 2.25. The highest BCUT2D eigenvalue weighted by molar-refractivity contribution is 7.98. The van der Waals surface area contributed by atoms with Gasteiger partial charge in [0.1, 0.15) is 11.6 Å². The number of rotatable bonds is 4. The molecule has 0 aliphatic rings. The highest BCUT2D eigenvalue weighted by atomic mass is 35.5. The summed E-state index contributed by atoms with van der Waals surface area (Å²) in [4.78, 5) is 8.88. The fourth-order valence-corrected chi connectivity index (χ4v) is 3.35. The number of nitrogen functional groups attached to an aromatic ring is 2. The smallest absolute Gasteiger partial charge is 0.210 e. The Labute approximate surface area is 158 Å². The van der Waals surface area contributed by atoms with Gasteiger partial charge in [0.2, 0.25) is 5.16 Å². The Morgan fingerprint density at radius 3 is 2.58 bits per heavy atom. The van der Waals surface area contributed by atoms with Crippen molar-refractivity contribution in [1.82, 2.24) is 24.8 Å². The Balaban J connectivity index is 1.56. The molecule has 2 aromatic heterocycles. The van der Waals surface area contributed by atoms with E-state index in [0.717, 1.165) is 16.5 Å². The molecule has 0 aliphatic carbocycles. The van der Waals surface area contributed by atoms with Crippen molar-refractivity contribution in [1.29, 1.82) is 0 Å². The van der Waals surface area contributed by atoms with Gasteiger partial charge in [0, 0.05) is 16.0 Å². The third-order valence-electron chi connectivity index (χ3n) is 3.78. The van der Waals surface area contributed by atoms with Crippen molar-refractivity contribution in [3.8, 4) is 11.4 Å². The van der Waals surface area contributed by atoms with Crippen LogP contribution in [0.5, 0.6) is 0 Å². The average Bonchev–Trinajstić information content (AvgIpc) is 3.01. The molecule has 0 radical (unpaired) electrons. The molecule has 0 fully saturated rings. The second-order valence-electron chi connectivity index (χ2n) is 5.51. The molecule has 0 saturated carbocycles. The molecule has 0 bridgehead atoms. The topological polar surface area (TPSA) is 109 Å². The minimum absolute atomic E-state index is 0.460. The van der Waals surface area contributed by atoms with Crippen molar-refractivity contribution in [2.24, 2.45) is 0 Å². The first-order valence-electron chi connectivity index (χ1n) is 7.72. The summed E-state index contributed by atoms with van der Waals surface area (Å²) in [5.41, 5.74) is 7.67. The van der Waals surface area contributed by atoms with Crippen molar-refractivity contribution >= 4 is 40.1 Å². The number of halogens is 1. The second kappa shape index (κ2) is 6.81. The lowest BCUT2D eigenvalue weighted by atomic mass is 10.2. The van der Waals surface area contributed by atoms with Crippen LogP contribution in [0.25, 0.3) is 22.3 Å². The van der Waals surface area contributed by atoms with Crippen molar-refractivity contribution < 1.29 is 0 Å². The molecule has 0 amide bonds. The van der Waals surface area contributed by atoms with Crippen LogP contribution >= 0.6 is 23.4 Å². The zero-order chi connectivity index (χ0) is 18.1. The van der Waals surface area contributed by atoms with Crippen molar-refractivity contribution in [3.05, 3.63) is 59.4 Å². The molecule has 9 heteroatoms. The maximum atomic E-state index is 6.13. The van der Waals surface area contributed by atoms with E-state index >= 15 is 0 Å². The van der Waals surface area contributed by atoms with Crippen LogP contribution in [0.2, 0.25) is 5.02 Å². The maximum absolute atomic E-state index is 6.13. The van der Waals surface area contributed by atoms with Gasteiger partial charge >= 0.3 is 0 Å². The van der Waals surface area contributed by atoms with Gasteiger partial charge in [-0.25, -0.2) is 14.6 Å². The van der Waals surface area contributed by atoms with E-state index in [1.807, 2.05) is 36.4 Å². The Kier molecular flexibility index (Phi) is 4.36. The summed E-state index contributed by atoms with van der Waals surface area (Å²) in [5, 5.41) is 10.4. The fraction of sp³-hybridized carbons (Fsp3) is 0.0588. The molecule has 7 nitrogen and oxygen atoms in total. The molecular weight excluding hydrogens is 370 g/mol. The van der Waals surface area contributed by atoms with E-state index in [9.17, 15) is 0 Å². The van der Waals surface area contributed by atoms with Gasteiger partial charge in [0.15, 0.2) is 5.82 Å². The first-order valence-corrected chi connectivity index (χ1v) is 9.08. The number of aromatic nitrogens is 5. The van der Waals surface area contributed by atoms with Crippen LogP contribution in [0.4, 0.5) is 5.82 Å². The summed E-state index contributed by atoms with van der Waals surface area (Å²) in [5.74, 6) is 8.24. The average molecular weight is 384 g/mol. The van der Waals surface area contributed by atoms with Crippen molar-refractivity contribution in [2.75, 3.05) is 11.6 Å². The van der Waals surface area contributed by atoms with Crippen LogP contribution in [0, 0.1) is 0 Å². The van der Waals surface area contributed by atoms with E-state index in [0.29, 0.717) is 33.4 Å². The quantitative estimate of drug-likeness (QED) is 0.411. The number of hydrogen-bond donors (Lipinski definition) is 2. The van der Waals surface area contributed by atoms with Crippen LogP contribution < -0.4 is 11.6 Å². The van der Waals surface area contributed by atoms with Crippen molar-refractivity contribution in [3.63, 3.8) is 0 Å². The zero-order valence-corrected chi connectivity index (χ0v) is 15.1. The Bertz CT molecular complexity index is 1080. The molecule has 4 rings (SSSR count). The summed E-state index contributed by atoms with van der Waals surface area (Å²) >= 11 is 7.31. The molecule has 26 heavy (non-hydrogen) atoms. The number of anilines is 1. The van der Waals surface area contributed by atoms with Crippen LogP contribution in [0.3, 0.4) is 0 Å². The summed E-state index contributed by atoms with van der Waals surface area (Å²) in [6.45, 7) is 0. The third-order valence-corrected chi connectivity index (χ3v) is 4.97. The van der Waals surface area contributed by atoms with Gasteiger partial charge < -0.3 is 11.6 Å². The normalized spacial score (nSPS) is 11.1. The fourth-order valence-electron chi connectivity index (χ4n) is 2.52. The first-order chi connectivity index (χ1) is 12.6. The number of benzene rings is 2. The third kappa shape index (κ3) is 3.16. The van der Waals surface area contributed by atoms with Crippen LogP contribution in [0.1, 0.15) is 5.82 Å². The number of hydrogen-bond acceptors (Lipinski definition) is 7. The standard InChI is InChI=1S/C17H14ClN7S/c18-11-7-5-10(6-8-11)16-23-24-17(25(16)20)26-9-14-21-13-4-2-1-3-12(13)15(19)22-14/h1-8H,9,20H2,(H2,19,21,22). The lowest BCUT2D eigenvalue weighted by Gasteiger charge is -2.06. The predicted molar refractivity (Wildman–Crippen MR) is 104 cm³/mol. The zero-order valence-electron chi connectivity index (χ0n) is 13.5. The Morgan fingerprint density at radius 2 is 1.77 bits per heavy atom. The summed E-state index contributed by atoms with van der Waals surface area (Å²) in [6, 6.07) is 14.9. The van der Waals surface area contributed by atoms with E-state index in [1.54, 1.807) is 12.1 Å². The minimum atomic E-state index is 0.460. The molecule has 0 aliphatic heterocycles. The number of nitrogens with two attached hydrogens (primary N) is 2.